The Morgan fingerprint density at radius 3 is 2.62 bits per heavy atom. The highest BCUT2D eigenvalue weighted by Crippen LogP contribution is 2.46. The van der Waals surface area contributed by atoms with Crippen LogP contribution in [0, 0.1) is 35.0 Å². The van der Waals surface area contributed by atoms with Crippen molar-refractivity contribution in [3.8, 4) is 0 Å². The smallest absolute Gasteiger partial charge is 0.311 e. The minimum Gasteiger partial charge on any atom is -0.462 e. The fourth-order valence-electron chi connectivity index (χ4n) is 4.23. The van der Waals surface area contributed by atoms with Crippen LogP contribution in [0.2, 0.25) is 0 Å². The first kappa shape index (κ1) is 19.2. The highest BCUT2D eigenvalue weighted by molar-refractivity contribution is 5.76. The maximum atomic E-state index is 12.7. The van der Waals surface area contributed by atoms with Crippen LogP contribution in [0.1, 0.15) is 53.9 Å². The maximum Gasteiger partial charge on any atom is 0.311 e. The summed E-state index contributed by atoms with van der Waals surface area (Å²) in [6.45, 7) is 10.3. The molecule has 2 rings (SSSR count). The van der Waals surface area contributed by atoms with Gasteiger partial charge in [0.05, 0.1) is 5.41 Å². The molecule has 0 bridgehead atoms. The number of ether oxygens (including phenoxy) is 1. The minimum absolute atomic E-state index is 0.103. The highest BCUT2D eigenvalue weighted by Gasteiger charge is 2.46. The molecule has 1 N–H and O–H groups in total. The lowest BCUT2D eigenvalue weighted by Gasteiger charge is -2.47. The molecule has 0 aromatic carbocycles. The van der Waals surface area contributed by atoms with Gasteiger partial charge >= 0.3 is 5.97 Å². The number of esters is 1. The van der Waals surface area contributed by atoms with Crippen molar-refractivity contribution in [2.75, 3.05) is 6.61 Å². The highest BCUT2D eigenvalue weighted by atomic mass is 16.5. The molecule has 0 aromatic rings. The zero-order valence-electron chi connectivity index (χ0n) is 15.9. The Morgan fingerprint density at radius 1 is 1.33 bits per heavy atom. The van der Waals surface area contributed by atoms with Crippen molar-refractivity contribution in [2.24, 2.45) is 35.0 Å². The Kier molecular flexibility index (Phi) is 6.30. The van der Waals surface area contributed by atoms with Crippen LogP contribution >= 0.6 is 0 Å². The Bertz CT molecular complexity index is 491. The summed E-state index contributed by atoms with van der Waals surface area (Å²) in [6.07, 6.45) is 11.5. The summed E-state index contributed by atoms with van der Waals surface area (Å²) >= 11 is 0. The van der Waals surface area contributed by atoms with Gasteiger partial charge in [0.25, 0.3) is 0 Å². The Labute approximate surface area is 147 Å². The van der Waals surface area contributed by atoms with E-state index < -0.39 is 5.41 Å². The maximum absolute atomic E-state index is 12.7. The van der Waals surface area contributed by atoms with Gasteiger partial charge in [0.15, 0.2) is 0 Å². The summed E-state index contributed by atoms with van der Waals surface area (Å²) in [5, 5.41) is 9.94. The zero-order valence-corrected chi connectivity index (χ0v) is 15.9. The molecule has 0 saturated heterocycles. The third kappa shape index (κ3) is 3.93. The van der Waals surface area contributed by atoms with Crippen LogP contribution in [0.25, 0.3) is 0 Å². The van der Waals surface area contributed by atoms with Crippen LogP contribution in [0.5, 0.6) is 0 Å². The second-order valence-corrected chi connectivity index (χ2v) is 8.27. The standard InChI is InChI=1S/C21H34O3/c1-6-8-15-11-16-10-9-14(3)17(13-22)19(16)18(12-15)24-20(23)21(4,5)7-2/h6,8-10,14-19,22H,7,11-13H2,1-5H3/b8-6+/t14?,15?,16?,17?,18?,19-/m0/s1. The molecule has 0 spiro atoms. The number of hydrogen-bond acceptors (Lipinski definition) is 3. The molecule has 0 heterocycles. The summed E-state index contributed by atoms with van der Waals surface area (Å²) in [7, 11) is 0. The molecule has 3 heteroatoms. The number of aliphatic hydroxyl groups excluding tert-OH is 1. The average molecular weight is 335 g/mol. The van der Waals surface area contributed by atoms with Crippen LogP contribution in [-0.2, 0) is 9.53 Å². The molecule has 1 fully saturated rings. The third-order valence-corrected chi connectivity index (χ3v) is 6.24. The molecule has 3 nitrogen and oxygen atoms in total. The first-order valence-corrected chi connectivity index (χ1v) is 9.47. The summed E-state index contributed by atoms with van der Waals surface area (Å²) in [6, 6.07) is 0. The van der Waals surface area contributed by atoms with Crippen LogP contribution < -0.4 is 0 Å². The number of allylic oxidation sites excluding steroid dienone is 4. The lowest BCUT2D eigenvalue weighted by molar-refractivity contribution is -0.170. The summed E-state index contributed by atoms with van der Waals surface area (Å²) < 4.78 is 6.06. The summed E-state index contributed by atoms with van der Waals surface area (Å²) in [4.78, 5) is 12.7. The van der Waals surface area contributed by atoms with Crippen molar-refractivity contribution in [1.82, 2.24) is 0 Å². The van der Waals surface area contributed by atoms with Gasteiger partial charge in [0, 0.05) is 12.5 Å². The molecule has 0 amide bonds. The molecule has 0 aliphatic heterocycles. The van der Waals surface area contributed by atoms with E-state index in [1.807, 2.05) is 27.7 Å². The second-order valence-electron chi connectivity index (χ2n) is 8.27. The van der Waals surface area contributed by atoms with Crippen molar-refractivity contribution < 1.29 is 14.6 Å². The molecule has 136 valence electrons. The van der Waals surface area contributed by atoms with E-state index in [0.29, 0.717) is 17.8 Å². The van der Waals surface area contributed by atoms with Gasteiger partial charge in [0.2, 0.25) is 0 Å². The Hall–Kier alpha value is -1.09. The first-order valence-electron chi connectivity index (χ1n) is 9.47. The van der Waals surface area contributed by atoms with Crippen LogP contribution in [0.4, 0.5) is 0 Å². The number of rotatable bonds is 5. The predicted octanol–water partition coefficient (Wildman–Crippen LogP) is 4.37. The normalized spacial score (nSPS) is 36.6. The number of carbonyl (C=O) groups is 1. The zero-order chi connectivity index (χ0) is 17.9. The molecule has 5 unspecified atom stereocenters. The van der Waals surface area contributed by atoms with Crippen LogP contribution in [0.3, 0.4) is 0 Å². The van der Waals surface area contributed by atoms with E-state index in [1.54, 1.807) is 0 Å². The number of fused-ring (bicyclic) bond motifs is 1. The molecule has 0 aromatic heterocycles. The molecule has 2 aliphatic rings. The van der Waals surface area contributed by atoms with Gasteiger partial charge in [0.1, 0.15) is 6.10 Å². The van der Waals surface area contributed by atoms with E-state index in [1.165, 1.54) is 0 Å². The molecular formula is C21H34O3. The lowest BCUT2D eigenvalue weighted by atomic mass is 9.61. The number of carbonyl (C=O) groups excluding carboxylic acids is 1. The minimum atomic E-state index is -0.451. The van der Waals surface area contributed by atoms with Crippen LogP contribution in [-0.4, -0.2) is 23.8 Å². The largest absolute Gasteiger partial charge is 0.462 e. The van der Waals surface area contributed by atoms with Crippen molar-refractivity contribution in [2.45, 2.75) is 60.0 Å². The third-order valence-electron chi connectivity index (χ3n) is 6.24. The van der Waals surface area contributed by atoms with E-state index >= 15 is 0 Å². The first-order chi connectivity index (χ1) is 11.3. The van der Waals surface area contributed by atoms with Crippen molar-refractivity contribution >= 4 is 5.97 Å². The summed E-state index contributed by atoms with van der Waals surface area (Å²) in [5.41, 5.74) is -0.451. The topological polar surface area (TPSA) is 46.5 Å². The van der Waals surface area contributed by atoms with Crippen molar-refractivity contribution in [3.05, 3.63) is 24.3 Å². The van der Waals surface area contributed by atoms with E-state index in [-0.39, 0.29) is 30.5 Å². The van der Waals surface area contributed by atoms with E-state index in [9.17, 15) is 9.90 Å². The van der Waals surface area contributed by atoms with E-state index in [4.69, 9.17) is 4.74 Å². The molecule has 2 aliphatic carbocycles. The van der Waals surface area contributed by atoms with Crippen LogP contribution in [0.15, 0.2) is 24.3 Å². The van der Waals surface area contributed by atoms with Crippen molar-refractivity contribution in [3.63, 3.8) is 0 Å². The predicted molar refractivity (Wildman–Crippen MR) is 97.3 cm³/mol. The van der Waals surface area contributed by atoms with E-state index in [2.05, 4.69) is 31.2 Å². The summed E-state index contributed by atoms with van der Waals surface area (Å²) in [5.74, 6) is 1.46. The molecular weight excluding hydrogens is 300 g/mol. The van der Waals surface area contributed by atoms with E-state index in [0.717, 1.165) is 19.3 Å². The van der Waals surface area contributed by atoms with Gasteiger partial charge in [-0.15, -0.1) is 0 Å². The van der Waals surface area contributed by atoms with Gasteiger partial charge in [-0.2, -0.15) is 0 Å². The average Bonchev–Trinajstić information content (AvgIpc) is 2.55. The fraction of sp³-hybridized carbons (Fsp3) is 0.762. The molecule has 0 radical (unpaired) electrons. The van der Waals surface area contributed by atoms with Crippen molar-refractivity contribution in [1.29, 1.82) is 0 Å². The Balaban J connectivity index is 2.26. The number of hydrogen-bond donors (Lipinski definition) is 1. The molecule has 6 atom stereocenters. The molecule has 24 heavy (non-hydrogen) atoms. The molecule has 1 saturated carbocycles. The lowest BCUT2D eigenvalue weighted by Crippen LogP contribution is -2.47. The monoisotopic (exact) mass is 334 g/mol. The van der Waals surface area contributed by atoms with Gasteiger partial charge < -0.3 is 9.84 Å². The van der Waals surface area contributed by atoms with Gasteiger partial charge in [-0.25, -0.2) is 0 Å². The van der Waals surface area contributed by atoms with Gasteiger partial charge in [-0.1, -0.05) is 38.2 Å². The van der Waals surface area contributed by atoms with Gasteiger partial charge in [-0.05, 0) is 63.7 Å². The second kappa shape index (κ2) is 7.86. The van der Waals surface area contributed by atoms with Gasteiger partial charge in [-0.3, -0.25) is 4.79 Å². The SMILES string of the molecule is C/C=C/C1CC2C=CC(C)C(CO)[C@H]2C(OC(=O)C(C)(C)CC)C1. The quantitative estimate of drug-likeness (QED) is 0.600. The number of aliphatic hydroxyl groups is 1. The fourth-order valence-corrected chi connectivity index (χ4v) is 4.23. The Morgan fingerprint density at radius 2 is 2.04 bits per heavy atom.